The fraction of sp³-hybridized carbons (Fsp3) is 0.533. The molecule has 1 aromatic rings. The molecule has 1 aliphatic rings. The van der Waals surface area contributed by atoms with Gasteiger partial charge in [-0.2, -0.15) is 0 Å². The minimum absolute atomic E-state index is 0.0256. The van der Waals surface area contributed by atoms with E-state index in [1.807, 2.05) is 20.2 Å². The van der Waals surface area contributed by atoms with E-state index in [9.17, 15) is 5.11 Å². The summed E-state index contributed by atoms with van der Waals surface area (Å²) in [4.78, 5) is 4.23. The molecule has 21 heavy (non-hydrogen) atoms. The first-order chi connectivity index (χ1) is 9.92. The number of nitrogens with two attached hydrogens (primary N) is 1. The molecule has 0 radical (unpaired) electrons. The molecule has 0 bridgehead atoms. The summed E-state index contributed by atoms with van der Waals surface area (Å²) < 4.78 is 5.28. The van der Waals surface area contributed by atoms with E-state index in [2.05, 4.69) is 9.80 Å². The molecule has 1 saturated heterocycles. The molecule has 0 saturated carbocycles. The molecule has 0 amide bonds. The van der Waals surface area contributed by atoms with Crippen LogP contribution < -0.4 is 15.4 Å². The maximum Gasteiger partial charge on any atom is 0.124 e. The first kappa shape index (κ1) is 15.6. The van der Waals surface area contributed by atoms with E-state index in [1.54, 1.807) is 19.2 Å². The first-order valence-electron chi connectivity index (χ1n) is 7.04. The lowest BCUT2D eigenvalue weighted by Crippen LogP contribution is -2.38. The maximum absolute atomic E-state index is 10.0. The Morgan fingerprint density at radius 3 is 2.81 bits per heavy atom. The number of amidine groups is 1. The van der Waals surface area contributed by atoms with Crippen LogP contribution in [-0.2, 0) is 0 Å². The zero-order valence-corrected chi connectivity index (χ0v) is 12.8. The van der Waals surface area contributed by atoms with Gasteiger partial charge in [0.25, 0.3) is 0 Å². The molecule has 1 heterocycles. The number of ether oxygens (including phenoxy) is 1. The van der Waals surface area contributed by atoms with Crippen LogP contribution >= 0.6 is 0 Å². The highest BCUT2D eigenvalue weighted by Gasteiger charge is 2.33. The van der Waals surface area contributed by atoms with E-state index < -0.39 is 0 Å². The smallest absolute Gasteiger partial charge is 0.124 e. The molecule has 0 aliphatic carbocycles. The lowest BCUT2D eigenvalue weighted by Gasteiger charge is -2.30. The summed E-state index contributed by atoms with van der Waals surface area (Å²) in [5.74, 6) is 0.748. The van der Waals surface area contributed by atoms with E-state index in [0.29, 0.717) is 18.5 Å². The Hall–Kier alpha value is -1.79. The van der Waals surface area contributed by atoms with Crippen LogP contribution in [0.1, 0.15) is 12.0 Å². The molecule has 116 valence electrons. The van der Waals surface area contributed by atoms with Gasteiger partial charge in [-0.1, -0.05) is 0 Å². The Kier molecular flexibility index (Phi) is 4.69. The fourth-order valence-corrected chi connectivity index (χ4v) is 2.89. The highest BCUT2D eigenvalue weighted by molar-refractivity contribution is 6.00. The van der Waals surface area contributed by atoms with Crippen molar-refractivity contribution in [2.24, 2.45) is 5.73 Å². The molecule has 2 atom stereocenters. The number of nitrogens with one attached hydrogen (secondary N) is 1. The quantitative estimate of drug-likeness (QED) is 0.543. The SMILES string of the molecule is COc1ccc(C(=N)N)c(N2CC(O)CC2CN(C)C)c1. The van der Waals surface area contributed by atoms with Crippen molar-refractivity contribution in [2.45, 2.75) is 18.6 Å². The van der Waals surface area contributed by atoms with E-state index >= 15 is 0 Å². The number of rotatable bonds is 5. The molecule has 2 rings (SSSR count). The van der Waals surface area contributed by atoms with Crippen LogP contribution in [0.5, 0.6) is 5.75 Å². The van der Waals surface area contributed by atoms with Gasteiger partial charge in [0.2, 0.25) is 0 Å². The van der Waals surface area contributed by atoms with Crippen LogP contribution in [0.15, 0.2) is 18.2 Å². The van der Waals surface area contributed by atoms with Crippen molar-refractivity contribution in [1.29, 1.82) is 5.41 Å². The van der Waals surface area contributed by atoms with Gasteiger partial charge in [-0.15, -0.1) is 0 Å². The summed E-state index contributed by atoms with van der Waals surface area (Å²) in [6.07, 6.45) is 0.355. The first-order valence-corrected chi connectivity index (χ1v) is 7.04. The number of β-amino-alcohol motifs (C(OH)–C–C–N with tert-alkyl or cyclic N) is 1. The van der Waals surface area contributed by atoms with Crippen molar-refractivity contribution in [2.75, 3.05) is 39.2 Å². The Bertz CT molecular complexity index is 518. The van der Waals surface area contributed by atoms with Gasteiger partial charge in [-0.05, 0) is 32.6 Å². The molecule has 6 nitrogen and oxygen atoms in total. The molecule has 1 aliphatic heterocycles. The molecule has 2 unspecified atom stereocenters. The molecule has 0 aromatic heterocycles. The fourth-order valence-electron chi connectivity index (χ4n) is 2.89. The van der Waals surface area contributed by atoms with Gasteiger partial charge >= 0.3 is 0 Å². The predicted octanol–water partition coefficient (Wildman–Crippen LogP) is 0.480. The van der Waals surface area contributed by atoms with Gasteiger partial charge in [0.1, 0.15) is 11.6 Å². The van der Waals surface area contributed by atoms with Gasteiger partial charge in [-0.25, -0.2) is 0 Å². The summed E-state index contributed by atoms with van der Waals surface area (Å²) in [6.45, 7) is 1.39. The average Bonchev–Trinajstić information content (AvgIpc) is 2.77. The number of nitrogen functional groups attached to an aromatic ring is 1. The number of benzene rings is 1. The molecule has 4 N–H and O–H groups in total. The van der Waals surface area contributed by atoms with Crippen molar-refractivity contribution in [3.05, 3.63) is 23.8 Å². The Morgan fingerprint density at radius 1 is 1.52 bits per heavy atom. The van der Waals surface area contributed by atoms with Gasteiger partial charge in [-0.3, -0.25) is 5.41 Å². The van der Waals surface area contributed by atoms with Crippen molar-refractivity contribution in [1.82, 2.24) is 4.90 Å². The summed E-state index contributed by atoms with van der Waals surface area (Å²) in [6, 6.07) is 5.68. The highest BCUT2D eigenvalue weighted by atomic mass is 16.5. The van der Waals surface area contributed by atoms with E-state index in [-0.39, 0.29) is 18.0 Å². The lowest BCUT2D eigenvalue weighted by atomic mass is 10.1. The van der Waals surface area contributed by atoms with Gasteiger partial charge in [0.15, 0.2) is 0 Å². The van der Waals surface area contributed by atoms with Crippen LogP contribution in [0.25, 0.3) is 0 Å². The van der Waals surface area contributed by atoms with Gasteiger partial charge < -0.3 is 25.4 Å². The number of nitrogens with zero attached hydrogens (tertiary/aromatic N) is 2. The third-order valence-electron chi connectivity index (χ3n) is 3.77. The van der Waals surface area contributed by atoms with Crippen LogP contribution in [0.3, 0.4) is 0 Å². The van der Waals surface area contributed by atoms with Crippen LogP contribution in [0.4, 0.5) is 5.69 Å². The van der Waals surface area contributed by atoms with Crippen LogP contribution in [-0.4, -0.2) is 62.3 Å². The summed E-state index contributed by atoms with van der Waals surface area (Å²) >= 11 is 0. The molecular weight excluding hydrogens is 268 g/mol. The molecule has 6 heteroatoms. The predicted molar refractivity (Wildman–Crippen MR) is 84.3 cm³/mol. The van der Waals surface area contributed by atoms with Crippen molar-refractivity contribution >= 4 is 11.5 Å². The molecule has 1 aromatic carbocycles. The highest BCUT2D eigenvalue weighted by Crippen LogP contribution is 2.32. The molecule has 0 spiro atoms. The topological polar surface area (TPSA) is 85.8 Å². The number of hydrogen-bond donors (Lipinski definition) is 3. The Balaban J connectivity index is 2.39. The Morgan fingerprint density at radius 2 is 2.24 bits per heavy atom. The van der Waals surface area contributed by atoms with Crippen LogP contribution in [0, 0.1) is 5.41 Å². The van der Waals surface area contributed by atoms with Crippen molar-refractivity contribution in [3.63, 3.8) is 0 Å². The molecular formula is C15H24N4O2. The minimum Gasteiger partial charge on any atom is -0.497 e. The van der Waals surface area contributed by atoms with Crippen molar-refractivity contribution < 1.29 is 9.84 Å². The zero-order chi connectivity index (χ0) is 15.6. The number of anilines is 1. The number of aliphatic hydroxyl groups is 1. The minimum atomic E-state index is -0.360. The Labute approximate surface area is 125 Å². The monoisotopic (exact) mass is 292 g/mol. The van der Waals surface area contributed by atoms with Gasteiger partial charge in [0.05, 0.1) is 18.9 Å². The maximum atomic E-state index is 10.0. The van der Waals surface area contributed by atoms with E-state index in [0.717, 1.165) is 18.0 Å². The number of likely N-dealkylation sites (N-methyl/N-ethyl adjacent to an activating group) is 1. The number of hydrogen-bond acceptors (Lipinski definition) is 5. The second-order valence-electron chi connectivity index (χ2n) is 5.75. The van der Waals surface area contributed by atoms with Crippen molar-refractivity contribution in [3.8, 4) is 5.75 Å². The van der Waals surface area contributed by atoms with E-state index in [1.165, 1.54) is 0 Å². The second kappa shape index (κ2) is 6.32. The number of aliphatic hydroxyl groups excluding tert-OH is 1. The van der Waals surface area contributed by atoms with E-state index in [4.69, 9.17) is 15.9 Å². The zero-order valence-electron chi connectivity index (χ0n) is 12.8. The standard InChI is InChI=1S/C15H24N4O2/c1-18(2)8-10-6-11(20)9-19(10)14-7-12(21-3)4-5-13(14)15(16)17/h4-5,7,10-11,20H,6,8-9H2,1-3H3,(H3,16,17). The average molecular weight is 292 g/mol. The summed E-state index contributed by atoms with van der Waals surface area (Å²) in [5, 5.41) is 17.8. The summed E-state index contributed by atoms with van der Waals surface area (Å²) in [7, 11) is 5.64. The van der Waals surface area contributed by atoms with Crippen LogP contribution in [0.2, 0.25) is 0 Å². The molecule has 1 fully saturated rings. The lowest BCUT2D eigenvalue weighted by molar-refractivity contribution is 0.191. The third-order valence-corrected chi connectivity index (χ3v) is 3.77. The third kappa shape index (κ3) is 3.46. The number of methoxy groups -OCH3 is 1. The largest absolute Gasteiger partial charge is 0.497 e. The van der Waals surface area contributed by atoms with Gasteiger partial charge in [0, 0.05) is 30.8 Å². The normalized spacial score (nSPS) is 21.9. The second-order valence-corrected chi connectivity index (χ2v) is 5.75. The summed E-state index contributed by atoms with van der Waals surface area (Å²) in [5.41, 5.74) is 7.22.